The van der Waals surface area contributed by atoms with Crippen LogP contribution in [0.1, 0.15) is 26.7 Å². The highest BCUT2D eigenvalue weighted by molar-refractivity contribution is 9.10. The molecule has 1 fully saturated rings. The molecule has 0 saturated heterocycles. The molecule has 2 N–H and O–H groups in total. The fraction of sp³-hybridized carbons (Fsp3) is 0.583. The number of carbonyl (C=O) groups is 1. The van der Waals surface area contributed by atoms with Crippen molar-refractivity contribution in [2.75, 3.05) is 5.32 Å². The summed E-state index contributed by atoms with van der Waals surface area (Å²) in [5.41, 5.74) is 0.329. The van der Waals surface area contributed by atoms with Gasteiger partial charge in [-0.25, -0.2) is 4.68 Å². The van der Waals surface area contributed by atoms with Gasteiger partial charge in [-0.05, 0) is 42.6 Å². The zero-order valence-corrected chi connectivity index (χ0v) is 12.5. The molecule has 6 nitrogen and oxygen atoms in total. The maximum absolute atomic E-state index is 11.9. The number of carbonyl (C=O) groups excluding carboxylic acids is 1. The van der Waals surface area contributed by atoms with Gasteiger partial charge < -0.3 is 10.6 Å². The van der Waals surface area contributed by atoms with Crippen molar-refractivity contribution >= 4 is 27.5 Å². The van der Waals surface area contributed by atoms with Crippen LogP contribution in [0.2, 0.25) is 0 Å². The second-order valence-electron chi connectivity index (χ2n) is 4.64. The Balaban J connectivity index is 2.07. The van der Waals surface area contributed by atoms with Gasteiger partial charge in [-0.3, -0.25) is 9.59 Å². The van der Waals surface area contributed by atoms with E-state index < -0.39 is 6.04 Å². The molecule has 1 atom stereocenters. The number of aromatic nitrogens is 2. The van der Waals surface area contributed by atoms with E-state index in [1.54, 1.807) is 13.1 Å². The largest absolute Gasteiger partial charge is 0.372 e. The van der Waals surface area contributed by atoms with E-state index in [4.69, 9.17) is 0 Å². The average molecular weight is 329 g/mol. The molecular weight excluding hydrogens is 312 g/mol. The van der Waals surface area contributed by atoms with Crippen molar-refractivity contribution in [3.63, 3.8) is 0 Å². The van der Waals surface area contributed by atoms with E-state index >= 15 is 0 Å². The number of rotatable bonds is 5. The number of nitrogens with zero attached hydrogens (tertiary/aromatic N) is 2. The SMILES string of the molecule is CCn1ncc(NC(C)C(=O)NC2CC2)c(Br)c1=O. The Hall–Kier alpha value is -1.37. The van der Waals surface area contributed by atoms with Crippen LogP contribution in [0.15, 0.2) is 15.5 Å². The Labute approximate surface area is 119 Å². The van der Waals surface area contributed by atoms with Crippen LogP contribution in [0.25, 0.3) is 0 Å². The molecule has 0 spiro atoms. The maximum atomic E-state index is 11.9. The van der Waals surface area contributed by atoms with Gasteiger partial charge >= 0.3 is 0 Å². The molecule has 1 unspecified atom stereocenters. The highest BCUT2D eigenvalue weighted by atomic mass is 79.9. The summed E-state index contributed by atoms with van der Waals surface area (Å²) in [7, 11) is 0. The van der Waals surface area contributed by atoms with Crippen molar-refractivity contribution in [1.82, 2.24) is 15.1 Å². The van der Waals surface area contributed by atoms with Crippen LogP contribution in [-0.4, -0.2) is 27.8 Å². The third-order valence-corrected chi connectivity index (χ3v) is 3.74. The van der Waals surface area contributed by atoms with Crippen molar-refractivity contribution in [2.24, 2.45) is 0 Å². The summed E-state index contributed by atoms with van der Waals surface area (Å²) in [5.74, 6) is -0.0610. The monoisotopic (exact) mass is 328 g/mol. The molecule has 1 heterocycles. The molecule has 0 aliphatic heterocycles. The van der Waals surface area contributed by atoms with Crippen LogP contribution in [0.3, 0.4) is 0 Å². The molecule has 1 aliphatic rings. The quantitative estimate of drug-likeness (QED) is 0.848. The van der Waals surface area contributed by atoms with E-state index in [-0.39, 0.29) is 11.5 Å². The number of anilines is 1. The molecule has 1 saturated carbocycles. The van der Waals surface area contributed by atoms with Crippen LogP contribution in [0, 0.1) is 0 Å². The number of amides is 1. The Bertz CT molecular complexity index is 539. The Morgan fingerprint density at radius 1 is 1.63 bits per heavy atom. The molecule has 0 radical (unpaired) electrons. The van der Waals surface area contributed by atoms with Crippen LogP contribution in [0.5, 0.6) is 0 Å². The molecule has 7 heteroatoms. The van der Waals surface area contributed by atoms with E-state index in [9.17, 15) is 9.59 Å². The minimum Gasteiger partial charge on any atom is -0.372 e. The zero-order valence-electron chi connectivity index (χ0n) is 10.9. The van der Waals surface area contributed by atoms with Gasteiger partial charge in [0.25, 0.3) is 5.56 Å². The van der Waals surface area contributed by atoms with Gasteiger partial charge in [0.15, 0.2) is 0 Å². The van der Waals surface area contributed by atoms with Gasteiger partial charge in [0.05, 0.1) is 11.9 Å². The van der Waals surface area contributed by atoms with Crippen LogP contribution in [0.4, 0.5) is 5.69 Å². The first-order chi connectivity index (χ1) is 9.02. The highest BCUT2D eigenvalue weighted by Crippen LogP contribution is 2.20. The Morgan fingerprint density at radius 3 is 2.89 bits per heavy atom. The minimum absolute atomic E-state index is 0.0610. The summed E-state index contributed by atoms with van der Waals surface area (Å²) >= 11 is 3.25. The normalized spacial score (nSPS) is 15.9. The summed E-state index contributed by atoms with van der Waals surface area (Å²) in [4.78, 5) is 23.7. The summed E-state index contributed by atoms with van der Waals surface area (Å²) in [6.45, 7) is 4.12. The third-order valence-electron chi connectivity index (χ3n) is 2.97. The fourth-order valence-electron chi connectivity index (χ4n) is 1.64. The first-order valence-corrected chi connectivity index (χ1v) is 7.14. The fourth-order valence-corrected chi connectivity index (χ4v) is 2.07. The minimum atomic E-state index is -0.407. The van der Waals surface area contributed by atoms with Crippen LogP contribution < -0.4 is 16.2 Å². The van der Waals surface area contributed by atoms with Gasteiger partial charge in [-0.15, -0.1) is 0 Å². The van der Waals surface area contributed by atoms with E-state index in [0.29, 0.717) is 22.7 Å². The number of aryl methyl sites for hydroxylation is 1. The molecule has 1 amide bonds. The predicted molar refractivity (Wildman–Crippen MR) is 76.1 cm³/mol. The molecule has 104 valence electrons. The molecule has 1 aromatic rings. The first kappa shape index (κ1) is 14.0. The summed E-state index contributed by atoms with van der Waals surface area (Å²) in [6, 6.07) is -0.0815. The summed E-state index contributed by atoms with van der Waals surface area (Å²) in [5, 5.41) is 9.93. The maximum Gasteiger partial charge on any atom is 0.283 e. The van der Waals surface area contributed by atoms with Crippen molar-refractivity contribution in [2.45, 2.75) is 45.3 Å². The Morgan fingerprint density at radius 2 is 2.32 bits per heavy atom. The number of nitrogens with one attached hydrogen (secondary N) is 2. The van der Waals surface area contributed by atoms with Crippen molar-refractivity contribution in [3.8, 4) is 0 Å². The molecule has 2 rings (SSSR count). The lowest BCUT2D eigenvalue weighted by Gasteiger charge is -2.16. The average Bonchev–Trinajstić information content (AvgIpc) is 3.19. The second kappa shape index (κ2) is 5.73. The number of halogens is 1. The zero-order chi connectivity index (χ0) is 14.0. The lowest BCUT2D eigenvalue weighted by molar-refractivity contribution is -0.121. The third kappa shape index (κ3) is 3.34. The standard InChI is InChI=1S/C12H17BrN4O2/c1-3-17-12(19)10(13)9(6-14-17)15-7(2)11(18)16-8-4-5-8/h6-8,15H,3-5H2,1-2H3,(H,16,18). The smallest absolute Gasteiger partial charge is 0.283 e. The van der Waals surface area contributed by atoms with Gasteiger partial charge in [-0.2, -0.15) is 5.10 Å². The van der Waals surface area contributed by atoms with E-state index in [0.717, 1.165) is 12.8 Å². The van der Waals surface area contributed by atoms with Crippen molar-refractivity contribution in [3.05, 3.63) is 21.0 Å². The van der Waals surface area contributed by atoms with Gasteiger partial charge in [0, 0.05) is 12.6 Å². The first-order valence-electron chi connectivity index (χ1n) is 6.35. The van der Waals surface area contributed by atoms with Crippen molar-refractivity contribution in [1.29, 1.82) is 0 Å². The van der Waals surface area contributed by atoms with Crippen molar-refractivity contribution < 1.29 is 4.79 Å². The summed E-state index contributed by atoms with van der Waals surface area (Å²) in [6.07, 6.45) is 3.66. The van der Waals surface area contributed by atoms with Gasteiger partial charge in [0.1, 0.15) is 10.5 Å². The van der Waals surface area contributed by atoms with E-state index in [1.165, 1.54) is 4.68 Å². The van der Waals surface area contributed by atoms with E-state index in [1.807, 2.05) is 6.92 Å². The number of hydrogen-bond donors (Lipinski definition) is 2. The second-order valence-corrected chi connectivity index (χ2v) is 5.44. The molecule has 0 bridgehead atoms. The molecule has 0 aromatic carbocycles. The molecular formula is C12H17BrN4O2. The number of hydrogen-bond acceptors (Lipinski definition) is 4. The Kier molecular flexibility index (Phi) is 4.24. The lowest BCUT2D eigenvalue weighted by atomic mass is 10.3. The molecule has 1 aliphatic carbocycles. The predicted octanol–water partition coefficient (Wildman–Crippen LogP) is 1.10. The van der Waals surface area contributed by atoms with E-state index in [2.05, 4.69) is 31.7 Å². The topological polar surface area (TPSA) is 76.0 Å². The lowest BCUT2D eigenvalue weighted by Crippen LogP contribution is -2.39. The molecule has 1 aromatic heterocycles. The van der Waals surface area contributed by atoms with Gasteiger partial charge in [-0.1, -0.05) is 0 Å². The summed E-state index contributed by atoms with van der Waals surface area (Å²) < 4.78 is 1.75. The van der Waals surface area contributed by atoms with Crippen LogP contribution in [-0.2, 0) is 11.3 Å². The van der Waals surface area contributed by atoms with Crippen LogP contribution >= 0.6 is 15.9 Å². The molecule has 19 heavy (non-hydrogen) atoms. The van der Waals surface area contributed by atoms with Gasteiger partial charge in [0.2, 0.25) is 5.91 Å². The highest BCUT2D eigenvalue weighted by Gasteiger charge is 2.25.